The van der Waals surface area contributed by atoms with Crippen molar-refractivity contribution in [2.45, 2.75) is 24.0 Å². The fraction of sp³-hybridized carbons (Fsp3) is 0.333. The van der Waals surface area contributed by atoms with Crippen LogP contribution in [0.25, 0.3) is 10.9 Å². The van der Waals surface area contributed by atoms with Gasteiger partial charge in [0.15, 0.2) is 15.6 Å². The van der Waals surface area contributed by atoms with E-state index >= 15 is 0 Å². The van der Waals surface area contributed by atoms with Crippen molar-refractivity contribution in [1.29, 1.82) is 0 Å². The summed E-state index contributed by atoms with van der Waals surface area (Å²) in [6, 6.07) is 9.92. The molecular formula is C24H25F3N2O6S. The first kappa shape index (κ1) is 27.2. The molecule has 36 heavy (non-hydrogen) atoms. The molecule has 0 N–H and O–H groups in total. The number of amides is 1. The molecule has 1 heterocycles. The highest BCUT2D eigenvalue weighted by molar-refractivity contribution is 7.92. The third-order valence-electron chi connectivity index (χ3n) is 5.72. The molecule has 0 spiro atoms. The van der Waals surface area contributed by atoms with Gasteiger partial charge in [0, 0.05) is 25.1 Å². The number of alkyl halides is 3. The number of anilines is 1. The maximum absolute atomic E-state index is 13.1. The zero-order valence-electron chi connectivity index (χ0n) is 19.8. The van der Waals surface area contributed by atoms with Crippen molar-refractivity contribution in [3.8, 4) is 0 Å². The number of sulfone groups is 1. The van der Waals surface area contributed by atoms with E-state index in [-0.39, 0.29) is 18.1 Å². The molecule has 1 amide bonds. The number of hydrogen-bond donors (Lipinski definition) is 0. The summed E-state index contributed by atoms with van der Waals surface area (Å²) in [5.41, 5.74) is 0.290. The number of esters is 1. The van der Waals surface area contributed by atoms with Crippen molar-refractivity contribution in [1.82, 2.24) is 4.57 Å². The second-order valence-electron chi connectivity index (χ2n) is 8.06. The van der Waals surface area contributed by atoms with Crippen LogP contribution in [0.3, 0.4) is 0 Å². The zero-order chi connectivity index (χ0) is 26.7. The highest BCUT2D eigenvalue weighted by atomic mass is 32.2. The Kier molecular flexibility index (Phi) is 8.09. The van der Waals surface area contributed by atoms with E-state index in [4.69, 9.17) is 9.47 Å². The van der Waals surface area contributed by atoms with Crippen LogP contribution in [0.5, 0.6) is 0 Å². The fourth-order valence-electron chi connectivity index (χ4n) is 3.74. The van der Waals surface area contributed by atoms with E-state index in [1.807, 2.05) is 0 Å². The van der Waals surface area contributed by atoms with Gasteiger partial charge in [0.25, 0.3) is 0 Å². The molecule has 3 rings (SSSR count). The molecule has 0 unspecified atom stereocenters. The molecule has 8 nitrogen and oxygen atoms in total. The number of carbonyl (C=O) groups excluding carboxylic acids is 2. The molecule has 1 aromatic heterocycles. The third kappa shape index (κ3) is 5.88. The molecule has 194 valence electrons. The van der Waals surface area contributed by atoms with Crippen LogP contribution in [0.1, 0.15) is 24.1 Å². The highest BCUT2D eigenvalue weighted by Gasteiger charge is 2.31. The zero-order valence-corrected chi connectivity index (χ0v) is 20.6. The van der Waals surface area contributed by atoms with E-state index in [2.05, 4.69) is 0 Å². The van der Waals surface area contributed by atoms with Gasteiger partial charge < -0.3 is 14.0 Å². The van der Waals surface area contributed by atoms with Crippen LogP contribution in [0, 0.1) is 0 Å². The molecule has 0 bridgehead atoms. The Morgan fingerprint density at radius 3 is 2.36 bits per heavy atom. The standard InChI is InChI=1S/C24H25F3N2O6S/c1-16(17-4-7-20(8-5-17)36(32,33)14-23(31)35-11-10-34-3)29(15-30)22-13-18-12-19(24(25,26)27)6-9-21(18)28(22)2/h4-9,12-13,15-16H,10-11,14H2,1-3H3/t16-/m1/s1. The summed E-state index contributed by atoms with van der Waals surface area (Å²) in [4.78, 5) is 25.0. The van der Waals surface area contributed by atoms with Gasteiger partial charge in [0.2, 0.25) is 6.41 Å². The predicted molar refractivity (Wildman–Crippen MR) is 126 cm³/mol. The van der Waals surface area contributed by atoms with E-state index < -0.39 is 39.3 Å². The van der Waals surface area contributed by atoms with Crippen LogP contribution in [0.15, 0.2) is 53.4 Å². The number of hydrogen-bond acceptors (Lipinski definition) is 6. The number of nitrogens with zero attached hydrogens (tertiary/aromatic N) is 2. The number of rotatable bonds is 10. The summed E-state index contributed by atoms with van der Waals surface area (Å²) in [5.74, 6) is -1.37. The molecule has 0 aliphatic heterocycles. The first-order valence-corrected chi connectivity index (χ1v) is 12.4. The molecule has 2 aromatic carbocycles. The average molecular weight is 527 g/mol. The van der Waals surface area contributed by atoms with Crippen molar-refractivity contribution >= 4 is 38.9 Å². The normalized spacial score (nSPS) is 12.9. The van der Waals surface area contributed by atoms with Crippen LogP contribution >= 0.6 is 0 Å². The van der Waals surface area contributed by atoms with Crippen LogP contribution < -0.4 is 4.90 Å². The van der Waals surface area contributed by atoms with Gasteiger partial charge in [-0.05, 0) is 48.9 Å². The summed E-state index contributed by atoms with van der Waals surface area (Å²) in [7, 11) is -0.898. The summed E-state index contributed by atoms with van der Waals surface area (Å²) >= 11 is 0. The minimum Gasteiger partial charge on any atom is -0.462 e. The molecule has 0 aliphatic rings. The van der Waals surface area contributed by atoms with Gasteiger partial charge in [0.05, 0.1) is 23.1 Å². The Hall–Kier alpha value is -3.38. The number of carbonyl (C=O) groups is 2. The third-order valence-corrected chi connectivity index (χ3v) is 7.33. The van der Waals surface area contributed by atoms with Gasteiger partial charge in [-0.3, -0.25) is 14.5 Å². The molecule has 0 saturated carbocycles. The number of aryl methyl sites for hydroxylation is 1. The lowest BCUT2D eigenvalue weighted by molar-refractivity contribution is -0.141. The lowest BCUT2D eigenvalue weighted by Crippen LogP contribution is -2.27. The highest BCUT2D eigenvalue weighted by Crippen LogP contribution is 2.35. The lowest BCUT2D eigenvalue weighted by Gasteiger charge is -2.26. The second kappa shape index (κ2) is 10.7. The Morgan fingerprint density at radius 1 is 1.11 bits per heavy atom. The Labute approximate surface area is 206 Å². The minimum absolute atomic E-state index is 0.0610. The Balaban J connectivity index is 1.83. The maximum Gasteiger partial charge on any atom is 0.416 e. The van der Waals surface area contributed by atoms with E-state index in [1.165, 1.54) is 48.4 Å². The van der Waals surface area contributed by atoms with Crippen molar-refractivity contribution in [3.05, 3.63) is 59.7 Å². The largest absolute Gasteiger partial charge is 0.462 e. The average Bonchev–Trinajstić information content (AvgIpc) is 3.14. The molecule has 12 heteroatoms. The number of benzene rings is 2. The minimum atomic E-state index is -4.50. The maximum atomic E-state index is 13.1. The van der Waals surface area contributed by atoms with Gasteiger partial charge in [0.1, 0.15) is 12.4 Å². The van der Waals surface area contributed by atoms with Crippen LogP contribution in [0.2, 0.25) is 0 Å². The van der Waals surface area contributed by atoms with Gasteiger partial charge in [-0.15, -0.1) is 0 Å². The van der Waals surface area contributed by atoms with Crippen LogP contribution in [-0.4, -0.2) is 51.4 Å². The van der Waals surface area contributed by atoms with Gasteiger partial charge >= 0.3 is 12.1 Å². The van der Waals surface area contributed by atoms with Crippen LogP contribution in [-0.2, 0) is 42.1 Å². The fourth-order valence-corrected chi connectivity index (χ4v) is 4.85. The van der Waals surface area contributed by atoms with Crippen molar-refractivity contribution < 1.29 is 40.7 Å². The quantitative estimate of drug-likeness (QED) is 0.226. The topological polar surface area (TPSA) is 94.9 Å². The molecule has 1 atom stereocenters. The SMILES string of the molecule is COCCOC(=O)CS(=O)(=O)c1ccc([C@@H](C)N(C=O)c2cc3cc(C(F)(F)F)ccc3n2C)cc1. The van der Waals surface area contributed by atoms with Gasteiger partial charge in [-0.25, -0.2) is 8.42 Å². The number of fused-ring (bicyclic) bond motifs is 1. The molecule has 0 saturated heterocycles. The summed E-state index contributed by atoms with van der Waals surface area (Å²) < 4.78 is 75.5. The van der Waals surface area contributed by atoms with E-state index in [9.17, 15) is 31.2 Å². The first-order valence-electron chi connectivity index (χ1n) is 10.8. The van der Waals surface area contributed by atoms with Crippen molar-refractivity contribution in [3.63, 3.8) is 0 Å². The number of aromatic nitrogens is 1. The number of ether oxygens (including phenoxy) is 2. The van der Waals surface area contributed by atoms with Crippen LogP contribution in [0.4, 0.5) is 19.0 Å². The molecule has 0 fully saturated rings. The number of halogens is 3. The molecular weight excluding hydrogens is 501 g/mol. The molecule has 0 aliphatic carbocycles. The van der Waals surface area contributed by atoms with Gasteiger partial charge in [-0.1, -0.05) is 12.1 Å². The smallest absolute Gasteiger partial charge is 0.416 e. The summed E-state index contributed by atoms with van der Waals surface area (Å²) in [5, 5.41) is 0.320. The van der Waals surface area contributed by atoms with E-state index in [1.54, 1.807) is 18.5 Å². The molecule has 0 radical (unpaired) electrons. The second-order valence-corrected chi connectivity index (χ2v) is 10.1. The number of methoxy groups -OCH3 is 1. The van der Waals surface area contributed by atoms with E-state index in [0.717, 1.165) is 12.1 Å². The van der Waals surface area contributed by atoms with E-state index in [0.29, 0.717) is 28.7 Å². The predicted octanol–water partition coefficient (Wildman–Crippen LogP) is 3.88. The molecule has 3 aromatic rings. The van der Waals surface area contributed by atoms with Crippen molar-refractivity contribution in [2.24, 2.45) is 7.05 Å². The lowest BCUT2D eigenvalue weighted by atomic mass is 10.1. The Morgan fingerprint density at radius 2 is 1.78 bits per heavy atom. The first-order chi connectivity index (χ1) is 16.9. The van der Waals surface area contributed by atoms with Crippen molar-refractivity contribution in [2.75, 3.05) is 31.0 Å². The summed E-state index contributed by atoms with van der Waals surface area (Å²) in [6.45, 7) is 1.78. The summed E-state index contributed by atoms with van der Waals surface area (Å²) in [6.07, 6.45) is -3.94. The Bertz CT molecular complexity index is 1350. The van der Waals surface area contributed by atoms with Gasteiger partial charge in [-0.2, -0.15) is 13.2 Å². The monoisotopic (exact) mass is 526 g/mol.